The average molecular weight is 345 g/mol. The molecular weight excluding hydrogens is 327 g/mol. The Kier molecular flexibility index (Phi) is 5.33. The summed E-state index contributed by atoms with van der Waals surface area (Å²) in [7, 11) is 0. The Morgan fingerprint density at radius 1 is 1.33 bits per heavy atom. The van der Waals surface area contributed by atoms with E-state index < -0.39 is 18.4 Å². The number of alkyl halides is 3. The van der Waals surface area contributed by atoms with E-state index in [1.54, 1.807) is 13.8 Å². The first-order chi connectivity index (χ1) is 11.1. The molecule has 1 aromatic rings. The largest absolute Gasteiger partial charge is 0.573 e. The summed E-state index contributed by atoms with van der Waals surface area (Å²) in [6.45, 7) is 3.42. The highest BCUT2D eigenvalue weighted by atomic mass is 19.4. The van der Waals surface area contributed by atoms with Crippen molar-refractivity contribution in [3.8, 4) is 5.75 Å². The monoisotopic (exact) mass is 345 g/mol. The van der Waals surface area contributed by atoms with Crippen molar-refractivity contribution < 1.29 is 27.5 Å². The van der Waals surface area contributed by atoms with Gasteiger partial charge in [-0.1, -0.05) is 12.1 Å². The maximum Gasteiger partial charge on any atom is 0.573 e. The molecule has 2 unspecified atom stereocenters. The number of benzene rings is 1. The molecule has 1 saturated heterocycles. The molecule has 6 nitrogen and oxygen atoms in total. The van der Waals surface area contributed by atoms with Crippen LogP contribution in [0.3, 0.4) is 0 Å². The minimum Gasteiger partial charge on any atom is -0.406 e. The molecule has 1 heterocycles. The second kappa shape index (κ2) is 7.08. The second-order valence-electron chi connectivity index (χ2n) is 5.56. The molecule has 1 aliphatic rings. The highest BCUT2D eigenvalue weighted by Crippen LogP contribution is 2.24. The molecule has 1 fully saturated rings. The molecule has 0 aliphatic carbocycles. The van der Waals surface area contributed by atoms with Gasteiger partial charge in [-0.2, -0.15) is 0 Å². The Hall–Kier alpha value is -2.29. The fourth-order valence-corrected chi connectivity index (χ4v) is 2.41. The molecule has 132 valence electrons. The third-order valence-electron chi connectivity index (χ3n) is 3.51. The van der Waals surface area contributed by atoms with Gasteiger partial charge < -0.3 is 15.4 Å². The van der Waals surface area contributed by atoms with Crippen LogP contribution in [0.15, 0.2) is 24.3 Å². The topological polar surface area (TPSA) is 79.5 Å². The lowest BCUT2D eigenvalue weighted by Gasteiger charge is -2.29. The summed E-state index contributed by atoms with van der Waals surface area (Å²) in [5.74, 6) is -0.897. The first-order valence-electron chi connectivity index (χ1n) is 7.35. The summed E-state index contributed by atoms with van der Waals surface area (Å²) in [5, 5.41) is 8.32. The minimum atomic E-state index is -4.74. The first kappa shape index (κ1) is 18.1. The third-order valence-corrected chi connectivity index (χ3v) is 3.51. The maximum absolute atomic E-state index is 12.2. The van der Waals surface area contributed by atoms with Crippen LogP contribution in [0.5, 0.6) is 5.75 Å². The second-order valence-corrected chi connectivity index (χ2v) is 5.56. The fraction of sp³-hybridized carbons (Fsp3) is 0.467. The number of halogens is 3. The molecule has 2 amide bonds. The van der Waals surface area contributed by atoms with Crippen LogP contribution in [0.25, 0.3) is 0 Å². The van der Waals surface area contributed by atoms with Crippen LogP contribution in [0.2, 0.25) is 0 Å². The van der Waals surface area contributed by atoms with E-state index in [1.807, 2.05) is 0 Å². The number of carbonyl (C=O) groups is 2. The van der Waals surface area contributed by atoms with Gasteiger partial charge in [-0.15, -0.1) is 13.2 Å². The molecule has 0 saturated carbocycles. The van der Waals surface area contributed by atoms with Gasteiger partial charge in [0.1, 0.15) is 5.75 Å². The number of hydrogen-bond acceptors (Lipinski definition) is 4. The van der Waals surface area contributed by atoms with E-state index in [2.05, 4.69) is 20.7 Å². The molecule has 1 aromatic carbocycles. The number of amides is 2. The summed E-state index contributed by atoms with van der Waals surface area (Å²) >= 11 is 0. The van der Waals surface area contributed by atoms with Crippen LogP contribution in [0.4, 0.5) is 13.2 Å². The molecule has 0 spiro atoms. The average Bonchev–Trinajstić information content (AvgIpc) is 2.45. The Morgan fingerprint density at radius 3 is 2.50 bits per heavy atom. The van der Waals surface area contributed by atoms with E-state index in [0.29, 0.717) is 5.56 Å². The summed E-state index contributed by atoms with van der Waals surface area (Å²) < 4.78 is 40.2. The number of hydrogen-bond donors (Lipinski definition) is 3. The van der Waals surface area contributed by atoms with Crippen molar-refractivity contribution in [1.82, 2.24) is 16.0 Å². The predicted octanol–water partition coefficient (Wildman–Crippen LogP) is 1.59. The summed E-state index contributed by atoms with van der Waals surface area (Å²) in [4.78, 5) is 23.7. The normalized spacial score (nSPS) is 22.5. The van der Waals surface area contributed by atoms with Crippen LogP contribution < -0.4 is 20.7 Å². The zero-order valence-corrected chi connectivity index (χ0v) is 13.1. The number of nitrogens with one attached hydrogen (secondary N) is 3. The lowest BCUT2D eigenvalue weighted by atomic mass is 10.1. The van der Waals surface area contributed by atoms with Gasteiger partial charge in [0.25, 0.3) is 0 Å². The predicted molar refractivity (Wildman–Crippen MR) is 78.8 cm³/mol. The van der Waals surface area contributed by atoms with Crippen molar-refractivity contribution >= 4 is 11.8 Å². The van der Waals surface area contributed by atoms with Gasteiger partial charge >= 0.3 is 6.36 Å². The quantitative estimate of drug-likeness (QED) is 0.774. The third kappa shape index (κ3) is 5.12. The molecule has 3 atom stereocenters. The highest BCUT2D eigenvalue weighted by molar-refractivity contribution is 5.89. The van der Waals surface area contributed by atoms with Gasteiger partial charge in [-0.25, -0.2) is 0 Å². The Morgan fingerprint density at radius 2 is 1.96 bits per heavy atom. The van der Waals surface area contributed by atoms with Crippen LogP contribution in [-0.4, -0.2) is 30.4 Å². The smallest absolute Gasteiger partial charge is 0.406 e. The maximum atomic E-state index is 12.2. The number of ether oxygens (including phenoxy) is 1. The van der Waals surface area contributed by atoms with Crippen LogP contribution in [-0.2, 0) is 9.59 Å². The van der Waals surface area contributed by atoms with Crippen molar-refractivity contribution in [2.24, 2.45) is 0 Å². The van der Waals surface area contributed by atoms with E-state index in [4.69, 9.17) is 0 Å². The van der Waals surface area contributed by atoms with Crippen molar-refractivity contribution in [3.05, 3.63) is 29.8 Å². The highest BCUT2D eigenvalue weighted by Gasteiger charge is 2.31. The van der Waals surface area contributed by atoms with Gasteiger partial charge in [-0.05, 0) is 31.5 Å². The van der Waals surface area contributed by atoms with E-state index in [0.717, 1.165) is 0 Å². The molecule has 24 heavy (non-hydrogen) atoms. The summed E-state index contributed by atoms with van der Waals surface area (Å²) in [6, 6.07) is 4.16. The van der Waals surface area contributed by atoms with E-state index in [-0.39, 0.29) is 30.2 Å². The van der Waals surface area contributed by atoms with Crippen molar-refractivity contribution in [1.29, 1.82) is 0 Å². The molecule has 0 bridgehead atoms. The molecule has 1 aliphatic heterocycles. The molecule has 2 rings (SSSR count). The van der Waals surface area contributed by atoms with Crippen molar-refractivity contribution in [2.45, 2.75) is 44.9 Å². The van der Waals surface area contributed by atoms with Gasteiger partial charge in [0.05, 0.1) is 24.7 Å². The molecule has 9 heteroatoms. The van der Waals surface area contributed by atoms with Crippen LogP contribution in [0.1, 0.15) is 31.9 Å². The van der Waals surface area contributed by atoms with Gasteiger partial charge in [0, 0.05) is 0 Å². The van der Waals surface area contributed by atoms with E-state index in [1.165, 1.54) is 24.3 Å². The number of rotatable bonds is 4. The van der Waals surface area contributed by atoms with Crippen molar-refractivity contribution in [3.63, 3.8) is 0 Å². The lowest BCUT2D eigenvalue weighted by molar-refractivity contribution is -0.274. The lowest BCUT2D eigenvalue weighted by Crippen LogP contribution is -2.59. The molecule has 0 aromatic heterocycles. The van der Waals surface area contributed by atoms with Gasteiger partial charge in [-0.3, -0.25) is 14.9 Å². The SMILES string of the molecule is CC1NC(=O)CC(C(=O)N[C@H](C)c2ccc(OC(F)(F)F)cc2)N1. The minimum absolute atomic E-state index is 0.0290. The van der Waals surface area contributed by atoms with Crippen LogP contribution in [0, 0.1) is 0 Å². The summed E-state index contributed by atoms with van der Waals surface area (Å²) in [5.41, 5.74) is 0.617. The zero-order chi connectivity index (χ0) is 17.9. The Bertz CT molecular complexity index is 604. The van der Waals surface area contributed by atoms with Gasteiger partial charge in [0.15, 0.2) is 0 Å². The first-order valence-corrected chi connectivity index (χ1v) is 7.35. The van der Waals surface area contributed by atoms with Crippen LogP contribution >= 0.6 is 0 Å². The Balaban J connectivity index is 1.95. The fourth-order valence-electron chi connectivity index (χ4n) is 2.41. The molecule has 0 radical (unpaired) electrons. The zero-order valence-electron chi connectivity index (χ0n) is 13.1. The standard InChI is InChI=1S/C15H18F3N3O3/c1-8(10-3-5-11(6-4-10)24-15(16,17)18)19-14(23)12-7-13(22)21-9(2)20-12/h3-6,8-9,12,20H,7H2,1-2H3,(H,19,23)(H,21,22)/t8-,9?,12?/m1/s1. The molecular formula is C15H18F3N3O3. The molecule has 3 N–H and O–H groups in total. The van der Waals surface area contributed by atoms with Gasteiger partial charge in [0.2, 0.25) is 11.8 Å². The Labute approximate surface area is 136 Å². The van der Waals surface area contributed by atoms with Crippen molar-refractivity contribution in [2.75, 3.05) is 0 Å². The summed E-state index contributed by atoms with van der Waals surface area (Å²) in [6.07, 6.45) is -5.02. The van der Waals surface area contributed by atoms with E-state index in [9.17, 15) is 22.8 Å². The van der Waals surface area contributed by atoms with E-state index >= 15 is 0 Å². The number of carbonyl (C=O) groups excluding carboxylic acids is 2.